The summed E-state index contributed by atoms with van der Waals surface area (Å²) < 4.78 is 16.7. The number of hydrogen-bond donors (Lipinski definition) is 0. The summed E-state index contributed by atoms with van der Waals surface area (Å²) in [6, 6.07) is 10.6. The van der Waals surface area contributed by atoms with Gasteiger partial charge in [-0.1, -0.05) is 23.7 Å². The van der Waals surface area contributed by atoms with Crippen LogP contribution in [0.3, 0.4) is 0 Å². The highest BCUT2D eigenvalue weighted by Gasteiger charge is 2.18. The van der Waals surface area contributed by atoms with Crippen LogP contribution in [0.1, 0.15) is 11.5 Å². The first-order chi connectivity index (χ1) is 11.6. The van der Waals surface area contributed by atoms with Gasteiger partial charge in [0.2, 0.25) is 12.7 Å². The Morgan fingerprint density at radius 3 is 2.96 bits per heavy atom. The van der Waals surface area contributed by atoms with Crippen LogP contribution in [0.5, 0.6) is 11.5 Å². The largest absolute Gasteiger partial charge is 0.454 e. The molecule has 0 spiro atoms. The minimum Gasteiger partial charge on any atom is -0.454 e. The minimum atomic E-state index is -0.478. The number of halogens is 2. The predicted octanol–water partition coefficient (Wildman–Crippen LogP) is 4.42. The van der Waals surface area contributed by atoms with E-state index in [4.69, 9.17) is 25.5 Å². The Hall–Kier alpha value is -2.31. The van der Waals surface area contributed by atoms with Gasteiger partial charge >= 0.3 is 5.63 Å². The van der Waals surface area contributed by atoms with E-state index >= 15 is 0 Å². The van der Waals surface area contributed by atoms with Gasteiger partial charge in [0.1, 0.15) is 5.03 Å². The van der Waals surface area contributed by atoms with Crippen LogP contribution in [0.25, 0.3) is 22.0 Å². The van der Waals surface area contributed by atoms with Crippen molar-refractivity contribution in [2.75, 3.05) is 6.79 Å². The van der Waals surface area contributed by atoms with Crippen LogP contribution in [0.2, 0.25) is 0 Å². The number of benzene rings is 2. The van der Waals surface area contributed by atoms with Crippen molar-refractivity contribution in [2.24, 2.45) is 0 Å². The molecule has 0 fully saturated rings. The van der Waals surface area contributed by atoms with Crippen LogP contribution in [0.15, 0.2) is 50.1 Å². The molecule has 0 atom stereocenters. The molecule has 4 rings (SSSR count). The Bertz CT molecular complexity index is 1040. The Balaban J connectivity index is 1.79. The van der Waals surface area contributed by atoms with Gasteiger partial charge < -0.3 is 13.9 Å². The molecular weight excluding hydrogens is 398 g/mol. The first kappa shape index (κ1) is 15.2. The molecule has 0 aliphatic carbocycles. The summed E-state index contributed by atoms with van der Waals surface area (Å²) in [5, 5.41) is 0.625. The lowest BCUT2D eigenvalue weighted by atomic mass is 10.2. The fourth-order valence-corrected chi connectivity index (χ4v) is 3.18. The first-order valence-corrected chi connectivity index (χ1v) is 8.15. The maximum Gasteiger partial charge on any atom is 0.347 e. The van der Waals surface area contributed by atoms with Crippen LogP contribution >= 0.6 is 27.5 Å². The van der Waals surface area contributed by atoms with Gasteiger partial charge in [0.15, 0.2) is 11.5 Å². The number of aromatic nitrogens is 1. The highest BCUT2D eigenvalue weighted by Crippen LogP contribution is 2.40. The molecule has 5 nitrogen and oxygen atoms in total. The van der Waals surface area contributed by atoms with Crippen molar-refractivity contribution >= 4 is 49.5 Å². The van der Waals surface area contributed by atoms with Crippen LogP contribution in [0, 0.1) is 0 Å². The molecule has 2 heterocycles. The number of para-hydroxylation sites is 1. The van der Waals surface area contributed by atoms with Gasteiger partial charge in [-0.25, -0.2) is 9.78 Å². The van der Waals surface area contributed by atoms with Gasteiger partial charge in [-0.2, -0.15) is 0 Å². The van der Waals surface area contributed by atoms with E-state index in [0.717, 1.165) is 10.0 Å². The molecule has 1 aliphatic rings. The molecular formula is C17H9BrClNO4. The monoisotopic (exact) mass is 405 g/mol. The molecule has 0 unspecified atom stereocenters. The standard InChI is InChI=1S/C17H9BrClNO4/c18-11-5-9(7-14-15(11)23-8-22-14)6-12(19)16-20-13-4-2-1-3-10(13)17(21)24-16/h1-7H,8H2/b12-6-. The quantitative estimate of drug-likeness (QED) is 0.630. The molecule has 3 aromatic rings. The van der Waals surface area contributed by atoms with Gasteiger partial charge in [-0.05, 0) is 51.8 Å². The van der Waals surface area contributed by atoms with Crippen molar-refractivity contribution in [1.82, 2.24) is 4.98 Å². The van der Waals surface area contributed by atoms with Crippen molar-refractivity contribution in [1.29, 1.82) is 0 Å². The lowest BCUT2D eigenvalue weighted by Gasteiger charge is -2.03. The summed E-state index contributed by atoms with van der Waals surface area (Å²) in [6.07, 6.45) is 1.65. The summed E-state index contributed by atoms with van der Waals surface area (Å²) >= 11 is 9.72. The lowest BCUT2D eigenvalue weighted by Crippen LogP contribution is -2.03. The molecule has 2 aromatic carbocycles. The average Bonchev–Trinajstić information content (AvgIpc) is 3.04. The third-order valence-corrected chi connectivity index (χ3v) is 4.34. The summed E-state index contributed by atoms with van der Waals surface area (Å²) in [5.74, 6) is 1.33. The van der Waals surface area contributed by atoms with E-state index in [-0.39, 0.29) is 17.7 Å². The smallest absolute Gasteiger partial charge is 0.347 e. The van der Waals surface area contributed by atoms with Gasteiger partial charge in [0.05, 0.1) is 15.4 Å². The maximum absolute atomic E-state index is 12.0. The van der Waals surface area contributed by atoms with Crippen molar-refractivity contribution in [3.8, 4) is 11.5 Å². The van der Waals surface area contributed by atoms with E-state index in [2.05, 4.69) is 20.9 Å². The molecule has 1 aliphatic heterocycles. The SMILES string of the molecule is O=c1oc(/C(Cl)=C/c2cc(Br)c3c(c2)OCO3)nc2ccccc12. The Kier molecular flexibility index (Phi) is 3.78. The fraction of sp³-hybridized carbons (Fsp3) is 0.0588. The minimum absolute atomic E-state index is 0.0640. The second-order valence-corrected chi connectivity index (χ2v) is 6.31. The van der Waals surface area contributed by atoms with Crippen molar-refractivity contribution in [3.63, 3.8) is 0 Å². The molecule has 0 saturated carbocycles. The Morgan fingerprint density at radius 1 is 1.25 bits per heavy atom. The Morgan fingerprint density at radius 2 is 2.08 bits per heavy atom. The fourth-order valence-electron chi connectivity index (χ4n) is 2.40. The van der Waals surface area contributed by atoms with Gasteiger partial charge in [0, 0.05) is 0 Å². The molecule has 0 N–H and O–H groups in total. The van der Waals surface area contributed by atoms with Crippen LogP contribution in [-0.4, -0.2) is 11.8 Å². The second-order valence-electron chi connectivity index (χ2n) is 5.05. The number of rotatable bonds is 2. The van der Waals surface area contributed by atoms with Crippen LogP contribution in [-0.2, 0) is 0 Å². The number of ether oxygens (including phenoxy) is 2. The van der Waals surface area contributed by atoms with Crippen LogP contribution < -0.4 is 15.1 Å². The number of nitrogens with zero attached hydrogens (tertiary/aromatic N) is 1. The molecule has 120 valence electrons. The average molecular weight is 407 g/mol. The zero-order valence-electron chi connectivity index (χ0n) is 12.1. The zero-order chi connectivity index (χ0) is 16.7. The van der Waals surface area contributed by atoms with E-state index < -0.39 is 5.63 Å². The van der Waals surface area contributed by atoms with Crippen molar-refractivity contribution in [3.05, 3.63) is 62.7 Å². The zero-order valence-corrected chi connectivity index (χ0v) is 14.4. The van der Waals surface area contributed by atoms with Gasteiger partial charge in [0.25, 0.3) is 0 Å². The van der Waals surface area contributed by atoms with E-state index in [0.29, 0.717) is 22.4 Å². The molecule has 24 heavy (non-hydrogen) atoms. The molecule has 1 aromatic heterocycles. The third kappa shape index (κ3) is 2.68. The van der Waals surface area contributed by atoms with Crippen LogP contribution in [0.4, 0.5) is 0 Å². The normalized spacial score (nSPS) is 13.5. The highest BCUT2D eigenvalue weighted by molar-refractivity contribution is 9.10. The molecule has 0 saturated heterocycles. The molecule has 0 bridgehead atoms. The van der Waals surface area contributed by atoms with Crippen molar-refractivity contribution in [2.45, 2.75) is 0 Å². The third-order valence-electron chi connectivity index (χ3n) is 3.48. The molecule has 0 radical (unpaired) electrons. The summed E-state index contributed by atoms with van der Waals surface area (Å²) in [5.41, 5.74) is 0.810. The summed E-state index contributed by atoms with van der Waals surface area (Å²) in [6.45, 7) is 0.177. The second kappa shape index (κ2) is 5.96. The molecule has 0 amide bonds. The van der Waals surface area contributed by atoms with E-state index in [1.165, 1.54) is 0 Å². The highest BCUT2D eigenvalue weighted by atomic mass is 79.9. The Labute approximate surface area is 149 Å². The number of hydrogen-bond acceptors (Lipinski definition) is 5. The topological polar surface area (TPSA) is 61.6 Å². The lowest BCUT2D eigenvalue weighted by molar-refractivity contribution is 0.173. The number of fused-ring (bicyclic) bond motifs is 2. The van der Waals surface area contributed by atoms with Gasteiger partial charge in [-0.3, -0.25) is 0 Å². The van der Waals surface area contributed by atoms with Crippen molar-refractivity contribution < 1.29 is 13.9 Å². The summed E-state index contributed by atoms with van der Waals surface area (Å²) in [7, 11) is 0. The predicted molar refractivity (Wildman–Crippen MR) is 94.3 cm³/mol. The maximum atomic E-state index is 12.0. The van der Waals surface area contributed by atoms with Gasteiger partial charge in [-0.15, -0.1) is 0 Å². The summed E-state index contributed by atoms with van der Waals surface area (Å²) in [4.78, 5) is 16.3. The van der Waals surface area contributed by atoms with E-state index in [1.807, 2.05) is 6.07 Å². The molecule has 7 heteroatoms. The van der Waals surface area contributed by atoms with E-state index in [9.17, 15) is 4.79 Å². The van der Waals surface area contributed by atoms with E-state index in [1.54, 1.807) is 36.4 Å². The first-order valence-electron chi connectivity index (χ1n) is 6.98.